The molecule has 2 N–H and O–H groups in total. The van der Waals surface area contributed by atoms with Gasteiger partial charge in [-0.05, 0) is 17.8 Å². The lowest BCUT2D eigenvalue weighted by Crippen LogP contribution is -2.40. The van der Waals surface area contributed by atoms with E-state index in [4.69, 9.17) is 17.0 Å². The number of esters is 1. The van der Waals surface area contributed by atoms with Crippen molar-refractivity contribution in [2.75, 3.05) is 6.54 Å². The van der Waals surface area contributed by atoms with Crippen LogP contribution < -0.4 is 10.6 Å². The van der Waals surface area contributed by atoms with Crippen LogP contribution in [0.1, 0.15) is 5.56 Å². The van der Waals surface area contributed by atoms with Crippen molar-refractivity contribution >= 4 is 23.3 Å². The lowest BCUT2D eigenvalue weighted by atomic mass is 10.2. The second-order valence-corrected chi connectivity index (χ2v) is 3.97. The summed E-state index contributed by atoms with van der Waals surface area (Å²) in [5.41, 5.74) is 1.50. The van der Waals surface area contributed by atoms with Crippen molar-refractivity contribution in [3.63, 3.8) is 0 Å². The van der Waals surface area contributed by atoms with E-state index in [-0.39, 0.29) is 12.6 Å². The van der Waals surface area contributed by atoms with Crippen LogP contribution in [0.2, 0.25) is 0 Å². The van der Waals surface area contributed by atoms with Gasteiger partial charge in [-0.2, -0.15) is 0 Å². The Morgan fingerprint density at radius 3 is 2.76 bits per heavy atom. The van der Waals surface area contributed by atoms with Crippen LogP contribution in [0.3, 0.4) is 0 Å². The van der Waals surface area contributed by atoms with Crippen molar-refractivity contribution < 1.29 is 9.53 Å². The van der Waals surface area contributed by atoms with E-state index in [2.05, 4.69) is 10.6 Å². The van der Waals surface area contributed by atoms with Crippen LogP contribution in [0.4, 0.5) is 0 Å². The maximum atomic E-state index is 11.7. The fraction of sp³-hybridized carbons (Fsp3) is 0.167. The lowest BCUT2D eigenvalue weighted by molar-refractivity contribution is -0.140. The number of carbonyl (C=O) groups excluding carboxylic acids is 1. The Balaban J connectivity index is 1.88. The first-order valence-electron chi connectivity index (χ1n) is 5.20. The molecule has 1 aliphatic rings. The third-order valence-corrected chi connectivity index (χ3v) is 2.55. The van der Waals surface area contributed by atoms with Gasteiger partial charge in [0, 0.05) is 6.20 Å². The van der Waals surface area contributed by atoms with Gasteiger partial charge in [0.05, 0.1) is 12.1 Å². The highest BCUT2D eigenvalue weighted by atomic mass is 32.1. The average molecular weight is 248 g/mol. The van der Waals surface area contributed by atoms with E-state index in [0.717, 1.165) is 5.56 Å². The first-order valence-corrected chi connectivity index (χ1v) is 5.61. The second kappa shape index (κ2) is 5.45. The van der Waals surface area contributed by atoms with Crippen LogP contribution >= 0.6 is 12.2 Å². The molecule has 0 bridgehead atoms. The predicted molar refractivity (Wildman–Crippen MR) is 68.1 cm³/mol. The molecule has 0 atom stereocenters. The second-order valence-electron chi connectivity index (χ2n) is 3.56. The fourth-order valence-corrected chi connectivity index (χ4v) is 1.51. The quantitative estimate of drug-likeness (QED) is 0.619. The van der Waals surface area contributed by atoms with Gasteiger partial charge in [0.25, 0.3) is 0 Å². The number of hydrogen-bond acceptors (Lipinski definition) is 3. The minimum Gasteiger partial charge on any atom is -0.457 e. The van der Waals surface area contributed by atoms with Crippen LogP contribution in [0.25, 0.3) is 0 Å². The predicted octanol–water partition coefficient (Wildman–Crippen LogP) is 1.09. The molecule has 5 heteroatoms. The first kappa shape index (κ1) is 11.6. The van der Waals surface area contributed by atoms with Crippen molar-refractivity contribution in [3.8, 4) is 0 Å². The number of hydrogen-bond donors (Lipinski definition) is 2. The highest BCUT2D eigenvalue weighted by Gasteiger charge is 2.14. The van der Waals surface area contributed by atoms with Gasteiger partial charge in [-0.3, -0.25) is 0 Å². The molecule has 1 aliphatic heterocycles. The molecule has 0 saturated heterocycles. The number of thiocarbonyl (C=S) groups is 1. The standard InChI is InChI=1S/C12H12N2O2S/c15-11(10-6-13-12(17)14-7-10)16-8-9-4-2-1-3-5-9/h1-6H,7-8H2,(H2,13,14,17). The van der Waals surface area contributed by atoms with Gasteiger partial charge in [-0.1, -0.05) is 30.3 Å². The average Bonchev–Trinajstić information content (AvgIpc) is 2.38. The van der Waals surface area contributed by atoms with Crippen LogP contribution in [0, 0.1) is 0 Å². The van der Waals surface area contributed by atoms with Crippen molar-refractivity contribution in [2.45, 2.75) is 6.61 Å². The minimum atomic E-state index is -0.337. The number of ether oxygens (including phenoxy) is 1. The summed E-state index contributed by atoms with van der Waals surface area (Å²) in [6.07, 6.45) is 1.58. The maximum Gasteiger partial charge on any atom is 0.337 e. The Kier molecular flexibility index (Phi) is 3.72. The molecule has 0 unspecified atom stereocenters. The van der Waals surface area contributed by atoms with Crippen molar-refractivity contribution in [1.82, 2.24) is 10.6 Å². The minimum absolute atomic E-state index is 0.279. The SMILES string of the molecule is O=C(OCc1ccccc1)C1=CNC(=S)NC1. The van der Waals surface area contributed by atoms with Gasteiger partial charge in [0.1, 0.15) is 6.61 Å². The first-order chi connectivity index (χ1) is 8.25. The zero-order valence-corrected chi connectivity index (χ0v) is 9.92. The summed E-state index contributed by atoms with van der Waals surface area (Å²) >= 11 is 4.87. The maximum absolute atomic E-state index is 11.7. The lowest BCUT2D eigenvalue weighted by Gasteiger charge is -2.16. The van der Waals surface area contributed by atoms with Crippen molar-refractivity contribution in [3.05, 3.63) is 47.7 Å². The summed E-state index contributed by atoms with van der Waals surface area (Å²) in [5, 5.41) is 6.15. The summed E-state index contributed by atoms with van der Waals surface area (Å²) in [7, 11) is 0. The van der Waals surface area contributed by atoms with Gasteiger partial charge < -0.3 is 15.4 Å². The number of benzene rings is 1. The summed E-state index contributed by atoms with van der Waals surface area (Å²) in [6, 6.07) is 9.56. The van der Waals surface area contributed by atoms with Crippen molar-refractivity contribution in [2.24, 2.45) is 0 Å². The summed E-state index contributed by atoms with van der Waals surface area (Å²) < 4.78 is 5.17. The Morgan fingerprint density at radius 1 is 1.35 bits per heavy atom. The molecule has 0 spiro atoms. The number of rotatable bonds is 3. The van der Waals surface area contributed by atoms with Crippen LogP contribution in [-0.2, 0) is 16.1 Å². The summed E-state index contributed by atoms with van der Waals surface area (Å²) in [5.74, 6) is -0.337. The Morgan fingerprint density at radius 2 is 2.12 bits per heavy atom. The van der Waals surface area contributed by atoms with Gasteiger partial charge in [0.15, 0.2) is 5.11 Å². The van der Waals surface area contributed by atoms with E-state index >= 15 is 0 Å². The Labute approximate surface area is 105 Å². The monoisotopic (exact) mass is 248 g/mol. The molecular formula is C12H12N2O2S. The molecule has 0 radical (unpaired) electrons. The van der Waals surface area contributed by atoms with Crippen LogP contribution in [0.5, 0.6) is 0 Å². The van der Waals surface area contributed by atoms with E-state index < -0.39 is 0 Å². The molecule has 0 fully saturated rings. The molecule has 17 heavy (non-hydrogen) atoms. The van der Waals surface area contributed by atoms with Crippen molar-refractivity contribution in [1.29, 1.82) is 0 Å². The van der Waals surface area contributed by atoms with E-state index in [1.807, 2.05) is 30.3 Å². The van der Waals surface area contributed by atoms with Gasteiger partial charge in [0.2, 0.25) is 0 Å². The van der Waals surface area contributed by atoms with E-state index in [0.29, 0.717) is 17.2 Å². The normalized spacial score (nSPS) is 14.4. The van der Waals surface area contributed by atoms with Gasteiger partial charge in [-0.15, -0.1) is 0 Å². The van der Waals surface area contributed by atoms with Crippen LogP contribution in [0.15, 0.2) is 42.1 Å². The number of nitrogens with one attached hydrogen (secondary N) is 2. The van der Waals surface area contributed by atoms with E-state index in [9.17, 15) is 4.79 Å². The molecular weight excluding hydrogens is 236 g/mol. The highest BCUT2D eigenvalue weighted by molar-refractivity contribution is 7.80. The Bertz CT molecular complexity index is 457. The third-order valence-electron chi connectivity index (χ3n) is 2.29. The fourth-order valence-electron chi connectivity index (χ4n) is 1.38. The smallest absolute Gasteiger partial charge is 0.337 e. The van der Waals surface area contributed by atoms with E-state index in [1.165, 1.54) is 0 Å². The topological polar surface area (TPSA) is 50.4 Å². The molecule has 1 aromatic rings. The molecule has 0 aromatic heterocycles. The summed E-state index contributed by atoms with van der Waals surface area (Å²) in [4.78, 5) is 11.7. The van der Waals surface area contributed by atoms with Gasteiger partial charge in [-0.25, -0.2) is 4.79 Å². The summed E-state index contributed by atoms with van der Waals surface area (Å²) in [6.45, 7) is 0.681. The number of carbonyl (C=O) groups is 1. The molecule has 0 amide bonds. The molecule has 1 aromatic carbocycles. The molecule has 2 rings (SSSR count). The third kappa shape index (κ3) is 3.29. The highest BCUT2D eigenvalue weighted by Crippen LogP contribution is 2.04. The molecule has 0 aliphatic carbocycles. The zero-order valence-electron chi connectivity index (χ0n) is 9.10. The Hall–Kier alpha value is -1.88. The molecule has 1 heterocycles. The molecule has 0 saturated carbocycles. The van der Waals surface area contributed by atoms with Crippen LogP contribution in [-0.4, -0.2) is 17.6 Å². The molecule has 4 nitrogen and oxygen atoms in total. The zero-order chi connectivity index (χ0) is 12.1. The van der Waals surface area contributed by atoms with Gasteiger partial charge >= 0.3 is 5.97 Å². The van der Waals surface area contributed by atoms with E-state index in [1.54, 1.807) is 6.20 Å². The molecule has 88 valence electrons. The largest absolute Gasteiger partial charge is 0.457 e.